The van der Waals surface area contributed by atoms with E-state index in [-0.39, 0.29) is 5.75 Å². The highest BCUT2D eigenvalue weighted by Crippen LogP contribution is 2.26. The van der Waals surface area contributed by atoms with Crippen molar-refractivity contribution in [2.75, 3.05) is 5.75 Å². The fraction of sp³-hybridized carbons (Fsp3) is 0.333. The maximum atomic E-state index is 10.6. The summed E-state index contributed by atoms with van der Waals surface area (Å²) in [7, 11) is 0. The lowest BCUT2D eigenvalue weighted by atomic mass is 10.2. The highest BCUT2D eigenvalue weighted by Gasteiger charge is 2.12. The summed E-state index contributed by atoms with van der Waals surface area (Å²) < 4.78 is 2.07. The number of aromatic nitrogens is 2. The van der Waals surface area contributed by atoms with Gasteiger partial charge in [-0.2, -0.15) is 0 Å². The van der Waals surface area contributed by atoms with E-state index in [1.165, 1.54) is 17.3 Å². The number of para-hydroxylation sites is 1. The Morgan fingerprint density at radius 1 is 1.53 bits per heavy atom. The van der Waals surface area contributed by atoms with Crippen molar-refractivity contribution in [3.63, 3.8) is 0 Å². The van der Waals surface area contributed by atoms with Gasteiger partial charge in [0, 0.05) is 6.54 Å². The summed E-state index contributed by atoms with van der Waals surface area (Å²) in [5, 5.41) is 9.49. The quantitative estimate of drug-likeness (QED) is 0.847. The maximum absolute atomic E-state index is 10.6. The van der Waals surface area contributed by atoms with Gasteiger partial charge in [-0.1, -0.05) is 23.9 Å². The van der Waals surface area contributed by atoms with Crippen LogP contribution in [0.3, 0.4) is 0 Å². The third-order valence-electron chi connectivity index (χ3n) is 2.57. The third kappa shape index (κ3) is 2.29. The first kappa shape index (κ1) is 12.0. The molecular formula is C12H14N2O2S. The summed E-state index contributed by atoms with van der Waals surface area (Å²) in [5.41, 5.74) is 3.20. The van der Waals surface area contributed by atoms with Crippen molar-refractivity contribution in [2.45, 2.75) is 25.5 Å². The predicted octanol–water partition coefficient (Wildman–Crippen LogP) is 2.54. The number of carboxylic acids is 1. The molecule has 0 bridgehead atoms. The van der Waals surface area contributed by atoms with Crippen molar-refractivity contribution in [3.05, 3.63) is 23.8 Å². The van der Waals surface area contributed by atoms with Crippen LogP contribution >= 0.6 is 11.8 Å². The van der Waals surface area contributed by atoms with Crippen LogP contribution in [0.25, 0.3) is 11.0 Å². The minimum atomic E-state index is -0.818. The average molecular weight is 250 g/mol. The molecule has 17 heavy (non-hydrogen) atoms. The Hall–Kier alpha value is -1.49. The summed E-state index contributed by atoms with van der Waals surface area (Å²) in [6.07, 6.45) is 0. The molecule has 4 nitrogen and oxygen atoms in total. The van der Waals surface area contributed by atoms with Gasteiger partial charge in [-0.05, 0) is 25.5 Å². The first-order chi connectivity index (χ1) is 8.13. The largest absolute Gasteiger partial charge is 0.481 e. The van der Waals surface area contributed by atoms with Crippen LogP contribution in [0.4, 0.5) is 0 Å². The number of aryl methyl sites for hydroxylation is 2. The number of benzene rings is 1. The SMILES string of the molecule is CCn1c(SCC(=O)O)nc2cccc(C)c21. The van der Waals surface area contributed by atoms with Crippen LogP contribution in [0.2, 0.25) is 0 Å². The standard InChI is InChI=1S/C12H14N2O2S/c1-3-14-11-8(2)5-4-6-9(11)13-12(14)17-7-10(15)16/h4-6H,3,7H2,1-2H3,(H,15,16). The van der Waals surface area contributed by atoms with E-state index in [2.05, 4.69) is 9.55 Å². The molecule has 0 amide bonds. The van der Waals surface area contributed by atoms with Crippen LogP contribution in [0, 0.1) is 6.92 Å². The Balaban J connectivity index is 2.49. The first-order valence-corrected chi connectivity index (χ1v) is 6.42. The molecule has 0 aliphatic rings. The molecule has 90 valence electrons. The highest BCUT2D eigenvalue weighted by atomic mass is 32.2. The summed E-state index contributed by atoms with van der Waals surface area (Å²) in [4.78, 5) is 15.1. The van der Waals surface area contributed by atoms with Crippen molar-refractivity contribution < 1.29 is 9.90 Å². The molecule has 1 N–H and O–H groups in total. The molecule has 0 saturated heterocycles. The number of imidazole rings is 1. The number of aliphatic carboxylic acids is 1. The van der Waals surface area contributed by atoms with E-state index in [4.69, 9.17) is 5.11 Å². The van der Waals surface area contributed by atoms with Crippen LogP contribution in [-0.4, -0.2) is 26.4 Å². The van der Waals surface area contributed by atoms with Gasteiger partial charge in [-0.3, -0.25) is 4.79 Å². The predicted molar refractivity (Wildman–Crippen MR) is 68.5 cm³/mol. The maximum Gasteiger partial charge on any atom is 0.313 e. The van der Waals surface area contributed by atoms with Gasteiger partial charge in [0.2, 0.25) is 0 Å². The molecule has 0 fully saturated rings. The molecule has 5 heteroatoms. The molecule has 2 rings (SSSR count). The molecule has 0 aliphatic heterocycles. The second-order valence-electron chi connectivity index (χ2n) is 3.76. The minimum absolute atomic E-state index is 0.0440. The smallest absolute Gasteiger partial charge is 0.313 e. The Bertz CT molecular complexity index is 563. The van der Waals surface area contributed by atoms with Crippen LogP contribution in [0.5, 0.6) is 0 Å². The molecule has 1 heterocycles. The number of thioether (sulfide) groups is 1. The van der Waals surface area contributed by atoms with Crippen LogP contribution in [0.1, 0.15) is 12.5 Å². The second-order valence-corrected chi connectivity index (χ2v) is 4.71. The summed E-state index contributed by atoms with van der Waals surface area (Å²) in [5.74, 6) is -0.774. The molecule has 0 aliphatic carbocycles. The number of hydrogen-bond acceptors (Lipinski definition) is 3. The Kier molecular flexibility index (Phi) is 3.38. The van der Waals surface area contributed by atoms with Gasteiger partial charge in [0.15, 0.2) is 5.16 Å². The third-order valence-corrected chi connectivity index (χ3v) is 3.54. The molecule has 0 atom stereocenters. The Morgan fingerprint density at radius 2 is 2.29 bits per heavy atom. The number of carboxylic acid groups (broad SMARTS) is 1. The number of carbonyl (C=O) groups is 1. The minimum Gasteiger partial charge on any atom is -0.481 e. The van der Waals surface area contributed by atoms with Crippen molar-refractivity contribution in [1.29, 1.82) is 0 Å². The van der Waals surface area contributed by atoms with Gasteiger partial charge in [-0.25, -0.2) is 4.98 Å². The van der Waals surface area contributed by atoms with Crippen molar-refractivity contribution in [1.82, 2.24) is 9.55 Å². The zero-order chi connectivity index (χ0) is 12.4. The van der Waals surface area contributed by atoms with Crippen LogP contribution in [0.15, 0.2) is 23.4 Å². The fourth-order valence-electron chi connectivity index (χ4n) is 1.87. The number of hydrogen-bond donors (Lipinski definition) is 1. The molecule has 2 aromatic rings. The Morgan fingerprint density at radius 3 is 2.94 bits per heavy atom. The molecule has 0 unspecified atom stereocenters. The number of fused-ring (bicyclic) bond motifs is 1. The summed E-state index contributed by atoms with van der Waals surface area (Å²) in [6.45, 7) is 4.88. The van der Waals surface area contributed by atoms with Crippen LogP contribution in [-0.2, 0) is 11.3 Å². The van der Waals surface area contributed by atoms with Gasteiger partial charge in [0.25, 0.3) is 0 Å². The normalized spacial score (nSPS) is 10.9. The molecule has 1 aromatic heterocycles. The van der Waals surface area contributed by atoms with Gasteiger partial charge in [0.1, 0.15) is 0 Å². The monoisotopic (exact) mass is 250 g/mol. The van der Waals surface area contributed by atoms with E-state index >= 15 is 0 Å². The Labute approximate surface area is 104 Å². The lowest BCUT2D eigenvalue weighted by molar-refractivity contribution is -0.133. The van der Waals surface area contributed by atoms with E-state index in [1.807, 2.05) is 32.0 Å². The highest BCUT2D eigenvalue weighted by molar-refractivity contribution is 7.99. The van der Waals surface area contributed by atoms with Crippen molar-refractivity contribution in [3.8, 4) is 0 Å². The molecule has 0 spiro atoms. The zero-order valence-electron chi connectivity index (χ0n) is 9.80. The van der Waals surface area contributed by atoms with Crippen molar-refractivity contribution >= 4 is 28.8 Å². The lowest BCUT2D eigenvalue weighted by Gasteiger charge is -2.05. The molecule has 1 aromatic carbocycles. The molecule has 0 radical (unpaired) electrons. The first-order valence-electron chi connectivity index (χ1n) is 5.44. The topological polar surface area (TPSA) is 55.1 Å². The zero-order valence-corrected chi connectivity index (χ0v) is 10.6. The van der Waals surface area contributed by atoms with E-state index < -0.39 is 5.97 Å². The van der Waals surface area contributed by atoms with Gasteiger partial charge in [0.05, 0.1) is 16.8 Å². The average Bonchev–Trinajstić information content (AvgIpc) is 2.65. The number of nitrogens with zero attached hydrogens (tertiary/aromatic N) is 2. The van der Waals surface area contributed by atoms with Gasteiger partial charge in [-0.15, -0.1) is 0 Å². The van der Waals surface area contributed by atoms with E-state index in [1.54, 1.807) is 0 Å². The summed E-state index contributed by atoms with van der Waals surface area (Å²) >= 11 is 1.27. The van der Waals surface area contributed by atoms with E-state index in [0.29, 0.717) is 0 Å². The molecule has 0 saturated carbocycles. The molecular weight excluding hydrogens is 236 g/mol. The number of rotatable bonds is 4. The van der Waals surface area contributed by atoms with Crippen molar-refractivity contribution in [2.24, 2.45) is 0 Å². The second kappa shape index (κ2) is 4.79. The van der Waals surface area contributed by atoms with E-state index in [0.717, 1.165) is 22.7 Å². The van der Waals surface area contributed by atoms with Gasteiger partial charge >= 0.3 is 5.97 Å². The lowest BCUT2D eigenvalue weighted by Crippen LogP contribution is -2.02. The summed E-state index contributed by atoms with van der Waals surface area (Å²) in [6, 6.07) is 5.97. The van der Waals surface area contributed by atoms with E-state index in [9.17, 15) is 4.79 Å². The fourth-order valence-corrected chi connectivity index (χ4v) is 2.67. The van der Waals surface area contributed by atoms with Crippen LogP contribution < -0.4 is 0 Å². The van der Waals surface area contributed by atoms with Gasteiger partial charge < -0.3 is 9.67 Å².